The second kappa shape index (κ2) is 11.4. The van der Waals surface area contributed by atoms with Crippen molar-refractivity contribution in [1.29, 1.82) is 0 Å². The minimum atomic E-state index is -0.715. The summed E-state index contributed by atoms with van der Waals surface area (Å²) in [4.78, 5) is 10.0. The van der Waals surface area contributed by atoms with Crippen molar-refractivity contribution in [2.45, 2.75) is 0 Å². The van der Waals surface area contributed by atoms with Gasteiger partial charge in [0.2, 0.25) is 0 Å². The summed E-state index contributed by atoms with van der Waals surface area (Å²) in [6.07, 6.45) is 0. The minimum absolute atomic E-state index is 0.150. The summed E-state index contributed by atoms with van der Waals surface area (Å²) in [7, 11) is 0. The molecule has 0 fully saturated rings. The minimum Gasteiger partial charge on any atom is -0.456 e. The number of fused-ring (bicyclic) bond motifs is 6. The van der Waals surface area contributed by atoms with Crippen LogP contribution in [0.2, 0.25) is 0 Å². The summed E-state index contributed by atoms with van der Waals surface area (Å²) in [6, 6.07) is 24.6. The normalized spacial score (nSPS) is 15.0. The highest BCUT2D eigenvalue weighted by atomic mass is 16.3. The Hall–Kier alpha value is -6.78. The lowest BCUT2D eigenvalue weighted by Crippen LogP contribution is -1.99. The van der Waals surface area contributed by atoms with E-state index in [0.717, 1.165) is 26.5 Å². The van der Waals surface area contributed by atoms with Gasteiger partial charge in [-0.3, -0.25) is 0 Å². The van der Waals surface area contributed by atoms with E-state index >= 15 is 0 Å². The van der Waals surface area contributed by atoms with Crippen molar-refractivity contribution in [3.63, 3.8) is 0 Å². The molecule has 0 aliphatic carbocycles. The maximum absolute atomic E-state index is 9.49. The highest BCUT2D eigenvalue weighted by Gasteiger charge is 2.20. The van der Waals surface area contributed by atoms with Gasteiger partial charge in [-0.25, -0.2) is 9.97 Å². The number of hydrogen-bond donors (Lipinski definition) is 0. The molecule has 10 aromatic rings. The third-order valence-electron chi connectivity index (χ3n) is 8.81. The Morgan fingerprint density at radius 2 is 1.18 bits per heavy atom. The molecule has 234 valence electrons. The van der Waals surface area contributed by atoms with E-state index in [1.165, 1.54) is 0 Å². The number of nitrogens with zero attached hydrogens (tertiary/aromatic N) is 3. The number of rotatable bonds is 5. The molecular weight excluding hydrogens is 611 g/mol. The first-order valence-electron chi connectivity index (χ1n) is 21.8. The average Bonchev–Trinajstić information content (AvgIpc) is 3.84. The van der Waals surface area contributed by atoms with Gasteiger partial charge in [0.15, 0.2) is 5.82 Å². The van der Waals surface area contributed by atoms with Gasteiger partial charge >= 0.3 is 0 Å². The number of aromatic nitrogens is 3. The van der Waals surface area contributed by atoms with E-state index in [1.807, 2.05) is 97.1 Å². The number of benzene rings is 7. The first-order valence-corrected chi connectivity index (χ1v) is 15.8. The van der Waals surface area contributed by atoms with Crippen molar-refractivity contribution in [2.75, 3.05) is 0 Å². The SMILES string of the molecule is [2H]c1c([2H])c([2H])c(-n2c3c([2H])c([2H])c([2H])c([2H])c3c3c([2H])c([2H])c([2H])c(-c4nc(-c5cccc(-c6ccccc6)c5)cc(-c5ccc6c(c5)oc5ccccc56)n4)c32)c([2H])c1[2H]. The molecule has 0 unspecified atom stereocenters. The molecule has 0 aliphatic rings. The second-order valence-corrected chi connectivity index (χ2v) is 11.7. The highest BCUT2D eigenvalue weighted by molar-refractivity contribution is 6.13. The molecule has 0 saturated carbocycles. The van der Waals surface area contributed by atoms with E-state index < -0.39 is 78.2 Å². The fourth-order valence-electron chi connectivity index (χ4n) is 6.54. The Morgan fingerprint density at radius 1 is 0.480 bits per heavy atom. The van der Waals surface area contributed by atoms with Crippen LogP contribution in [0.3, 0.4) is 0 Å². The third-order valence-corrected chi connectivity index (χ3v) is 8.81. The average molecular weight is 652 g/mol. The van der Waals surface area contributed by atoms with E-state index in [0.29, 0.717) is 33.7 Å². The predicted octanol–water partition coefficient (Wildman–Crippen LogP) is 12.1. The van der Waals surface area contributed by atoms with Gasteiger partial charge in [0.1, 0.15) is 11.2 Å². The number of hydrogen-bond acceptors (Lipinski definition) is 3. The van der Waals surface area contributed by atoms with Gasteiger partial charge in [0, 0.05) is 43.9 Å². The predicted molar refractivity (Wildman–Crippen MR) is 205 cm³/mol. The van der Waals surface area contributed by atoms with Crippen LogP contribution in [0.5, 0.6) is 0 Å². The van der Waals surface area contributed by atoms with Crippen LogP contribution < -0.4 is 0 Å². The van der Waals surface area contributed by atoms with Gasteiger partial charge in [-0.15, -0.1) is 0 Å². The molecule has 3 heterocycles. The molecule has 4 nitrogen and oxygen atoms in total. The van der Waals surface area contributed by atoms with Crippen LogP contribution in [-0.2, 0) is 0 Å². The molecule has 0 saturated heterocycles. The zero-order valence-electron chi connectivity index (χ0n) is 38.1. The maximum atomic E-state index is 9.49. The molecule has 0 aliphatic heterocycles. The zero-order valence-corrected chi connectivity index (χ0v) is 26.1. The Bertz CT molecular complexity index is 3540. The van der Waals surface area contributed by atoms with Gasteiger partial charge in [0.25, 0.3) is 0 Å². The van der Waals surface area contributed by atoms with Crippen LogP contribution in [0.15, 0.2) is 180 Å². The summed E-state index contributed by atoms with van der Waals surface area (Å²) in [6.45, 7) is 0. The lowest BCUT2D eigenvalue weighted by molar-refractivity contribution is 0.669. The van der Waals surface area contributed by atoms with Crippen molar-refractivity contribution in [1.82, 2.24) is 14.5 Å². The molecule has 4 heteroatoms. The van der Waals surface area contributed by atoms with Crippen LogP contribution in [0.1, 0.15) is 16.4 Å². The van der Waals surface area contributed by atoms with Gasteiger partial charge in [-0.2, -0.15) is 0 Å². The van der Waals surface area contributed by atoms with Crippen molar-refractivity contribution in [3.05, 3.63) is 176 Å². The topological polar surface area (TPSA) is 43.9 Å². The molecule has 7 aromatic carbocycles. The standard InChI is InChI=1S/C46H29N3O/c1-3-13-30(14-4-1)31-15-11-16-32(27-31)40-29-41(33-25-26-37-36-20-8-10-24-43(36)50-44(37)28-33)48-46(47-40)39-22-12-21-38-35-19-7-9-23-42(35)49(45(38)39)34-17-5-2-6-18-34/h1-29H/i2D,5D,6D,7D,9D,12D,17D,18D,19D,21D,22D,23D. The molecule has 0 radical (unpaired) electrons. The molecule has 0 amide bonds. The van der Waals surface area contributed by atoms with Crippen molar-refractivity contribution >= 4 is 43.7 Å². The van der Waals surface area contributed by atoms with Crippen LogP contribution in [0, 0.1) is 0 Å². The summed E-state index contributed by atoms with van der Waals surface area (Å²) in [5.41, 5.74) is 3.89. The van der Waals surface area contributed by atoms with Crippen LogP contribution in [0.25, 0.3) is 94.5 Å². The van der Waals surface area contributed by atoms with E-state index in [4.69, 9.17) is 28.1 Å². The lowest BCUT2D eigenvalue weighted by atomic mass is 10.00. The van der Waals surface area contributed by atoms with Crippen LogP contribution in [-0.4, -0.2) is 14.5 Å². The van der Waals surface area contributed by atoms with Gasteiger partial charge in [0.05, 0.1) is 38.9 Å². The zero-order chi connectivity index (χ0) is 43.5. The largest absolute Gasteiger partial charge is 0.456 e. The van der Waals surface area contributed by atoms with Crippen LogP contribution in [0.4, 0.5) is 0 Å². The van der Waals surface area contributed by atoms with E-state index in [-0.39, 0.29) is 33.2 Å². The number of para-hydroxylation sites is 4. The second-order valence-electron chi connectivity index (χ2n) is 11.7. The molecular formula is C46H29N3O. The summed E-state index contributed by atoms with van der Waals surface area (Å²) >= 11 is 0. The molecule has 3 aromatic heterocycles. The smallest absolute Gasteiger partial charge is 0.162 e. The molecule has 10 rings (SSSR count). The Balaban J connectivity index is 1.37. The van der Waals surface area contributed by atoms with E-state index in [9.17, 15) is 2.74 Å². The Kier molecular flexibility index (Phi) is 4.27. The van der Waals surface area contributed by atoms with Crippen molar-refractivity contribution < 1.29 is 20.9 Å². The molecule has 0 spiro atoms. The van der Waals surface area contributed by atoms with Crippen LogP contribution >= 0.6 is 0 Å². The molecule has 0 N–H and O–H groups in total. The van der Waals surface area contributed by atoms with Crippen molar-refractivity contribution in [3.8, 4) is 50.7 Å². The summed E-state index contributed by atoms with van der Waals surface area (Å²) in [5, 5.41) is 1.35. The quantitative estimate of drug-likeness (QED) is 0.186. The fourth-order valence-corrected chi connectivity index (χ4v) is 6.54. The maximum Gasteiger partial charge on any atom is 0.162 e. The first kappa shape index (κ1) is 18.7. The fraction of sp³-hybridized carbons (Fsp3) is 0. The van der Waals surface area contributed by atoms with E-state index in [1.54, 1.807) is 6.07 Å². The molecule has 0 atom stereocenters. The molecule has 0 bridgehead atoms. The highest BCUT2D eigenvalue weighted by Crippen LogP contribution is 2.39. The third kappa shape index (κ3) is 4.61. The van der Waals surface area contributed by atoms with Gasteiger partial charge in [-0.1, -0.05) is 121 Å². The lowest BCUT2D eigenvalue weighted by Gasteiger charge is -2.13. The number of furan rings is 1. The Labute approximate surface area is 305 Å². The first-order chi connectivity index (χ1) is 29.8. The molecule has 50 heavy (non-hydrogen) atoms. The summed E-state index contributed by atoms with van der Waals surface area (Å²) < 4.78 is 114. The summed E-state index contributed by atoms with van der Waals surface area (Å²) in [5.74, 6) is -0.150. The monoisotopic (exact) mass is 651 g/mol. The van der Waals surface area contributed by atoms with E-state index in [2.05, 4.69) is 0 Å². The van der Waals surface area contributed by atoms with Gasteiger partial charge < -0.3 is 8.98 Å². The van der Waals surface area contributed by atoms with Gasteiger partial charge in [-0.05, 0) is 65.6 Å². The van der Waals surface area contributed by atoms with Crippen molar-refractivity contribution in [2.24, 2.45) is 0 Å². The Morgan fingerprint density at radius 3 is 2.06 bits per heavy atom.